The largest absolute Gasteiger partial charge is 0.468 e. The van der Waals surface area contributed by atoms with Gasteiger partial charge < -0.3 is 9.72 Å². The summed E-state index contributed by atoms with van der Waals surface area (Å²) in [6.45, 7) is 0. The van der Waals surface area contributed by atoms with E-state index < -0.39 is 17.0 Å². The van der Waals surface area contributed by atoms with E-state index >= 15 is 0 Å². The van der Waals surface area contributed by atoms with Crippen molar-refractivity contribution in [1.29, 1.82) is 0 Å². The lowest BCUT2D eigenvalue weighted by Crippen LogP contribution is -2.45. The first-order valence-corrected chi connectivity index (χ1v) is 8.27. The Hall–Kier alpha value is -3.19. The number of nitrogens with one attached hydrogen (secondary N) is 2. The van der Waals surface area contributed by atoms with Gasteiger partial charge in [0.05, 0.1) is 23.6 Å². The van der Waals surface area contributed by atoms with Crippen molar-refractivity contribution in [3.05, 3.63) is 75.5 Å². The van der Waals surface area contributed by atoms with Crippen LogP contribution in [0.4, 0.5) is 5.69 Å². The second-order valence-electron chi connectivity index (χ2n) is 6.26. The van der Waals surface area contributed by atoms with Gasteiger partial charge in [-0.3, -0.25) is 20.2 Å². The number of aromatic amines is 1. The number of carbonyl (C=O) groups excluding carboxylic acids is 1. The molecular formula is C19H17N3O4. The number of hydrogen-bond acceptors (Lipinski definition) is 5. The van der Waals surface area contributed by atoms with Crippen molar-refractivity contribution in [3.8, 4) is 0 Å². The number of benzene rings is 2. The zero-order valence-electron chi connectivity index (χ0n) is 14.1. The number of carbonyl (C=O) groups is 1. The third kappa shape index (κ3) is 2.53. The molecule has 0 spiro atoms. The summed E-state index contributed by atoms with van der Waals surface area (Å²) in [4.78, 5) is 26.7. The van der Waals surface area contributed by atoms with Crippen LogP contribution in [0.5, 0.6) is 0 Å². The Morgan fingerprint density at radius 2 is 1.92 bits per heavy atom. The van der Waals surface area contributed by atoms with Gasteiger partial charge in [0.15, 0.2) is 0 Å². The molecule has 4 rings (SSSR count). The van der Waals surface area contributed by atoms with Crippen molar-refractivity contribution in [1.82, 2.24) is 10.3 Å². The van der Waals surface area contributed by atoms with E-state index in [2.05, 4.69) is 10.3 Å². The second-order valence-corrected chi connectivity index (χ2v) is 6.26. The maximum absolute atomic E-state index is 12.2. The van der Waals surface area contributed by atoms with Gasteiger partial charge in [-0.15, -0.1) is 0 Å². The van der Waals surface area contributed by atoms with Crippen LogP contribution in [0, 0.1) is 10.1 Å². The summed E-state index contributed by atoms with van der Waals surface area (Å²) in [5, 5.41) is 15.7. The van der Waals surface area contributed by atoms with Gasteiger partial charge in [0, 0.05) is 29.1 Å². The molecule has 132 valence electrons. The highest BCUT2D eigenvalue weighted by Gasteiger charge is 2.36. The van der Waals surface area contributed by atoms with Crippen molar-refractivity contribution in [2.45, 2.75) is 18.5 Å². The van der Waals surface area contributed by atoms with E-state index in [1.165, 1.54) is 13.2 Å². The highest BCUT2D eigenvalue weighted by molar-refractivity contribution is 5.87. The minimum absolute atomic E-state index is 0.0140. The summed E-state index contributed by atoms with van der Waals surface area (Å²) < 4.78 is 4.91. The van der Waals surface area contributed by atoms with Crippen LogP contribution in [0.25, 0.3) is 10.9 Å². The quantitative estimate of drug-likeness (QED) is 0.430. The summed E-state index contributed by atoms with van der Waals surface area (Å²) in [7, 11) is 1.34. The molecule has 1 unspecified atom stereocenters. The predicted molar refractivity (Wildman–Crippen MR) is 95.9 cm³/mol. The number of ether oxygens (including phenoxy) is 1. The molecule has 7 nitrogen and oxygen atoms in total. The Labute approximate surface area is 149 Å². The van der Waals surface area contributed by atoms with Crippen molar-refractivity contribution in [3.63, 3.8) is 0 Å². The Balaban J connectivity index is 1.92. The summed E-state index contributed by atoms with van der Waals surface area (Å²) in [6, 6.07) is 13.3. The van der Waals surface area contributed by atoms with E-state index in [4.69, 9.17) is 4.74 Å². The number of nitrogens with zero attached hydrogens (tertiary/aromatic N) is 1. The van der Waals surface area contributed by atoms with Gasteiger partial charge in [0.25, 0.3) is 5.69 Å². The fourth-order valence-corrected chi connectivity index (χ4v) is 3.67. The van der Waals surface area contributed by atoms with Gasteiger partial charge >= 0.3 is 5.97 Å². The Morgan fingerprint density at radius 3 is 2.69 bits per heavy atom. The first kappa shape index (κ1) is 16.3. The van der Waals surface area contributed by atoms with E-state index in [1.807, 2.05) is 24.3 Å². The molecule has 0 aliphatic carbocycles. The fourth-order valence-electron chi connectivity index (χ4n) is 3.67. The average Bonchev–Trinajstić information content (AvgIpc) is 3.05. The van der Waals surface area contributed by atoms with Crippen LogP contribution < -0.4 is 5.32 Å². The van der Waals surface area contributed by atoms with E-state index in [-0.39, 0.29) is 11.7 Å². The molecule has 0 saturated carbocycles. The molecule has 7 heteroatoms. The topological polar surface area (TPSA) is 97.3 Å². The van der Waals surface area contributed by atoms with Gasteiger partial charge in [0.1, 0.15) is 6.04 Å². The number of nitro groups is 1. The molecule has 2 aromatic carbocycles. The van der Waals surface area contributed by atoms with Crippen LogP contribution in [-0.2, 0) is 16.0 Å². The Bertz CT molecular complexity index is 1010. The number of esters is 1. The molecule has 0 fully saturated rings. The maximum atomic E-state index is 12.2. The standard InChI is InChI=1S/C19H17N3O4/c1-26-19(23)15-10-13-11-6-2-4-8-14(11)20-18(13)17(21-15)12-7-3-5-9-16(12)22(24)25/h2-9,15,17,20-21H,10H2,1H3/t15-,17?/m1/s1. The van der Waals surface area contributed by atoms with Crippen molar-refractivity contribution < 1.29 is 14.5 Å². The zero-order valence-corrected chi connectivity index (χ0v) is 14.1. The number of fused-ring (bicyclic) bond motifs is 3. The Morgan fingerprint density at radius 1 is 1.19 bits per heavy atom. The molecule has 2 heterocycles. The van der Waals surface area contributed by atoms with Crippen molar-refractivity contribution in [2.24, 2.45) is 0 Å². The predicted octanol–water partition coefficient (Wildman–Crippen LogP) is 2.85. The number of H-pyrrole nitrogens is 1. The van der Waals surface area contributed by atoms with Crippen LogP contribution in [0.15, 0.2) is 48.5 Å². The average molecular weight is 351 g/mol. The second kappa shape index (κ2) is 6.27. The molecule has 1 aliphatic heterocycles. The molecule has 2 N–H and O–H groups in total. The highest BCUT2D eigenvalue weighted by atomic mass is 16.6. The fraction of sp³-hybridized carbons (Fsp3) is 0.211. The molecule has 1 aromatic heterocycles. The van der Waals surface area contributed by atoms with Crippen molar-refractivity contribution >= 4 is 22.6 Å². The van der Waals surface area contributed by atoms with E-state index in [9.17, 15) is 14.9 Å². The lowest BCUT2D eigenvalue weighted by atomic mass is 9.89. The van der Waals surface area contributed by atoms with Gasteiger partial charge in [-0.25, -0.2) is 0 Å². The monoisotopic (exact) mass is 351 g/mol. The molecule has 1 aliphatic rings. The maximum Gasteiger partial charge on any atom is 0.323 e. The number of hydrogen-bond donors (Lipinski definition) is 2. The first-order valence-electron chi connectivity index (χ1n) is 8.27. The third-order valence-electron chi connectivity index (χ3n) is 4.84. The normalized spacial score (nSPS) is 19.1. The van der Waals surface area contributed by atoms with E-state index in [0.717, 1.165) is 22.2 Å². The molecule has 0 radical (unpaired) electrons. The van der Waals surface area contributed by atoms with Crippen molar-refractivity contribution in [2.75, 3.05) is 7.11 Å². The van der Waals surface area contributed by atoms with Gasteiger partial charge in [0.2, 0.25) is 0 Å². The molecular weight excluding hydrogens is 334 g/mol. The molecule has 0 bridgehead atoms. The summed E-state index contributed by atoms with van der Waals surface area (Å²) in [5.41, 5.74) is 3.30. The lowest BCUT2D eigenvalue weighted by molar-refractivity contribution is -0.385. The molecule has 2 atom stereocenters. The third-order valence-corrected chi connectivity index (χ3v) is 4.84. The van der Waals surface area contributed by atoms with Crippen LogP contribution in [0.1, 0.15) is 22.9 Å². The van der Waals surface area contributed by atoms with Crippen LogP contribution in [0.3, 0.4) is 0 Å². The smallest absolute Gasteiger partial charge is 0.323 e. The molecule has 3 aromatic rings. The molecule has 0 saturated heterocycles. The van der Waals surface area contributed by atoms with E-state index in [0.29, 0.717) is 12.0 Å². The van der Waals surface area contributed by atoms with Gasteiger partial charge in [-0.2, -0.15) is 0 Å². The zero-order chi connectivity index (χ0) is 18.3. The van der Waals surface area contributed by atoms with Gasteiger partial charge in [-0.1, -0.05) is 36.4 Å². The molecule has 26 heavy (non-hydrogen) atoms. The summed E-state index contributed by atoms with van der Waals surface area (Å²) in [6.07, 6.45) is 0.461. The lowest BCUT2D eigenvalue weighted by Gasteiger charge is -2.30. The summed E-state index contributed by atoms with van der Waals surface area (Å²) in [5.74, 6) is -0.385. The SMILES string of the molecule is COC(=O)[C@H]1Cc2c([nH]c3ccccc23)C(c2ccccc2[N+](=O)[O-])N1. The molecule has 0 amide bonds. The summed E-state index contributed by atoms with van der Waals surface area (Å²) >= 11 is 0. The number of methoxy groups -OCH3 is 1. The van der Waals surface area contributed by atoms with Gasteiger partial charge in [-0.05, 0) is 11.6 Å². The van der Waals surface area contributed by atoms with Crippen LogP contribution in [0.2, 0.25) is 0 Å². The highest BCUT2D eigenvalue weighted by Crippen LogP contribution is 2.38. The number of rotatable bonds is 3. The number of aromatic nitrogens is 1. The van der Waals surface area contributed by atoms with E-state index in [1.54, 1.807) is 18.2 Å². The minimum atomic E-state index is -0.573. The number of para-hydroxylation sites is 2. The Kier molecular flexibility index (Phi) is 3.93. The first-order chi connectivity index (χ1) is 12.6. The van der Waals surface area contributed by atoms with Crippen LogP contribution >= 0.6 is 0 Å². The number of nitro benzene ring substituents is 1. The minimum Gasteiger partial charge on any atom is -0.468 e. The van der Waals surface area contributed by atoms with Crippen LogP contribution in [-0.4, -0.2) is 29.0 Å².